The highest BCUT2D eigenvalue weighted by Crippen LogP contribution is 2.35. The van der Waals surface area contributed by atoms with E-state index in [0.29, 0.717) is 37.6 Å². The lowest BCUT2D eigenvalue weighted by atomic mass is 9.81. The van der Waals surface area contributed by atoms with Gasteiger partial charge in [0.25, 0.3) is 0 Å². The fraction of sp³-hybridized carbons (Fsp3) is 0.958. The van der Waals surface area contributed by atoms with Gasteiger partial charge in [-0.25, -0.2) is 19.2 Å². The van der Waals surface area contributed by atoms with Crippen LogP contribution in [-0.2, 0) is 4.79 Å². The second-order valence-electron chi connectivity index (χ2n) is 10.8. The molecule has 3 aliphatic carbocycles. The summed E-state index contributed by atoms with van der Waals surface area (Å²) in [6.07, 6.45) is 11.5. The SMILES string of the molecule is N[C@@H](CC1CCCCC1)C(=O)NC1NNN(CC2C(F)CCCC2F)C1C1CCCCC1. The molecule has 4 unspecified atom stereocenters. The molecule has 5 atom stereocenters. The summed E-state index contributed by atoms with van der Waals surface area (Å²) in [7, 11) is 0. The van der Waals surface area contributed by atoms with Gasteiger partial charge in [-0.05, 0) is 50.4 Å². The first-order valence-corrected chi connectivity index (χ1v) is 13.1. The molecule has 0 aromatic heterocycles. The van der Waals surface area contributed by atoms with Crippen LogP contribution >= 0.6 is 0 Å². The zero-order chi connectivity index (χ0) is 22.5. The first-order chi connectivity index (χ1) is 15.5. The lowest BCUT2D eigenvalue weighted by molar-refractivity contribution is -0.124. The first kappa shape index (κ1) is 24.3. The standard InChI is InChI=1S/C24H43F2N5O/c25-19-12-7-13-20(26)18(19)15-31-22(17-10-5-2-6-11-17)23(29-30-31)28-24(32)21(27)14-16-8-3-1-4-9-16/h16-23,29-30H,1-15,27H2,(H,28,32)/t18?,19?,20?,21-,22?,23?/m0/s1. The number of halogens is 2. The Labute approximate surface area is 191 Å². The van der Waals surface area contributed by atoms with Crippen LogP contribution in [0.3, 0.4) is 0 Å². The van der Waals surface area contributed by atoms with Crippen LogP contribution in [0.1, 0.15) is 89.9 Å². The summed E-state index contributed by atoms with van der Waals surface area (Å²) >= 11 is 0. The molecule has 1 aliphatic heterocycles. The average molecular weight is 456 g/mol. The number of hydrogen-bond acceptors (Lipinski definition) is 5. The van der Waals surface area contributed by atoms with Gasteiger partial charge < -0.3 is 11.1 Å². The maximum absolute atomic E-state index is 14.6. The number of hydrazine groups is 2. The molecule has 32 heavy (non-hydrogen) atoms. The molecule has 6 nitrogen and oxygen atoms in total. The first-order valence-electron chi connectivity index (χ1n) is 13.1. The molecule has 1 amide bonds. The molecule has 4 rings (SSSR count). The van der Waals surface area contributed by atoms with Crippen molar-refractivity contribution in [2.24, 2.45) is 23.5 Å². The van der Waals surface area contributed by atoms with E-state index in [1.807, 2.05) is 5.01 Å². The Bertz CT molecular complexity index is 589. The molecule has 4 aliphatic rings. The average Bonchev–Trinajstić information content (AvgIpc) is 3.19. The number of nitrogens with one attached hydrogen (secondary N) is 3. The number of amides is 1. The summed E-state index contributed by atoms with van der Waals surface area (Å²) in [6, 6.07) is -0.535. The van der Waals surface area contributed by atoms with Gasteiger partial charge in [0.2, 0.25) is 5.91 Å². The van der Waals surface area contributed by atoms with E-state index >= 15 is 0 Å². The van der Waals surface area contributed by atoms with Crippen LogP contribution in [0, 0.1) is 17.8 Å². The largest absolute Gasteiger partial charge is 0.337 e. The number of carbonyl (C=O) groups excluding carboxylic acids is 1. The normalized spacial score (nSPS) is 36.8. The van der Waals surface area contributed by atoms with Gasteiger partial charge in [0, 0.05) is 12.5 Å². The van der Waals surface area contributed by atoms with Gasteiger partial charge in [-0.15, -0.1) is 0 Å². The molecule has 0 bridgehead atoms. The molecule has 184 valence electrons. The van der Waals surface area contributed by atoms with Crippen molar-refractivity contribution < 1.29 is 13.6 Å². The summed E-state index contributed by atoms with van der Waals surface area (Å²) in [4.78, 5) is 13.0. The Morgan fingerprint density at radius 2 is 1.56 bits per heavy atom. The van der Waals surface area contributed by atoms with E-state index in [2.05, 4.69) is 16.3 Å². The second-order valence-corrected chi connectivity index (χ2v) is 10.8. The summed E-state index contributed by atoms with van der Waals surface area (Å²) in [6.45, 7) is 0.316. The van der Waals surface area contributed by atoms with Crippen LogP contribution in [0.25, 0.3) is 0 Å². The Morgan fingerprint density at radius 3 is 2.22 bits per heavy atom. The van der Waals surface area contributed by atoms with Crippen LogP contribution in [0.15, 0.2) is 0 Å². The summed E-state index contributed by atoms with van der Waals surface area (Å²) < 4.78 is 29.1. The highest BCUT2D eigenvalue weighted by Gasteiger charge is 2.44. The van der Waals surface area contributed by atoms with Gasteiger partial charge >= 0.3 is 0 Å². The predicted octanol–water partition coefficient (Wildman–Crippen LogP) is 3.48. The fourth-order valence-corrected chi connectivity index (χ4v) is 6.55. The highest BCUT2D eigenvalue weighted by atomic mass is 19.1. The molecule has 0 radical (unpaired) electrons. The quantitative estimate of drug-likeness (QED) is 0.473. The molecule has 3 saturated carbocycles. The third kappa shape index (κ3) is 5.99. The minimum Gasteiger partial charge on any atom is -0.337 e. The zero-order valence-electron chi connectivity index (χ0n) is 19.4. The molecule has 0 spiro atoms. The molecule has 4 fully saturated rings. The third-order valence-corrected chi connectivity index (χ3v) is 8.44. The van der Waals surface area contributed by atoms with E-state index in [-0.39, 0.29) is 18.1 Å². The molecular formula is C24H43F2N5O. The summed E-state index contributed by atoms with van der Waals surface area (Å²) in [5, 5.41) is 5.11. The molecule has 0 aromatic rings. The van der Waals surface area contributed by atoms with Gasteiger partial charge in [-0.1, -0.05) is 51.4 Å². The topological polar surface area (TPSA) is 82.4 Å². The maximum atomic E-state index is 14.6. The predicted molar refractivity (Wildman–Crippen MR) is 122 cm³/mol. The van der Waals surface area contributed by atoms with Crippen LogP contribution in [0.2, 0.25) is 0 Å². The van der Waals surface area contributed by atoms with Gasteiger partial charge in [0.05, 0.1) is 12.1 Å². The van der Waals surface area contributed by atoms with Gasteiger partial charge in [-0.3, -0.25) is 4.79 Å². The monoisotopic (exact) mass is 455 g/mol. The summed E-state index contributed by atoms with van der Waals surface area (Å²) in [5.74, 6) is 0.180. The van der Waals surface area contributed by atoms with Crippen molar-refractivity contribution in [1.29, 1.82) is 0 Å². The second kappa shape index (κ2) is 11.5. The van der Waals surface area contributed by atoms with Crippen molar-refractivity contribution in [2.45, 2.75) is 120 Å². The molecule has 1 saturated heterocycles. The Morgan fingerprint density at radius 1 is 0.938 bits per heavy atom. The highest BCUT2D eigenvalue weighted by molar-refractivity contribution is 5.81. The van der Waals surface area contributed by atoms with E-state index in [9.17, 15) is 13.6 Å². The fourth-order valence-electron chi connectivity index (χ4n) is 6.55. The Balaban J connectivity index is 1.39. The molecular weight excluding hydrogens is 412 g/mol. The number of nitrogens with zero attached hydrogens (tertiary/aromatic N) is 1. The molecule has 8 heteroatoms. The van der Waals surface area contributed by atoms with Crippen LogP contribution in [0.5, 0.6) is 0 Å². The van der Waals surface area contributed by atoms with E-state index in [1.54, 1.807) is 0 Å². The lowest BCUT2D eigenvalue weighted by Gasteiger charge is -2.39. The van der Waals surface area contributed by atoms with Gasteiger partial charge in [0.1, 0.15) is 18.5 Å². The van der Waals surface area contributed by atoms with Gasteiger partial charge in [-0.2, -0.15) is 5.53 Å². The van der Waals surface area contributed by atoms with Crippen molar-refractivity contribution in [3.8, 4) is 0 Å². The lowest BCUT2D eigenvalue weighted by Crippen LogP contribution is -2.56. The molecule has 5 N–H and O–H groups in total. The zero-order valence-corrected chi connectivity index (χ0v) is 19.4. The summed E-state index contributed by atoms with van der Waals surface area (Å²) in [5.41, 5.74) is 12.7. The minimum atomic E-state index is -1.11. The van der Waals surface area contributed by atoms with E-state index < -0.39 is 24.3 Å². The van der Waals surface area contributed by atoms with E-state index in [1.165, 1.54) is 38.5 Å². The maximum Gasteiger partial charge on any atom is 0.238 e. The van der Waals surface area contributed by atoms with Crippen molar-refractivity contribution in [3.63, 3.8) is 0 Å². The molecule has 1 heterocycles. The number of nitrogens with two attached hydrogens (primary N) is 1. The van der Waals surface area contributed by atoms with Crippen LogP contribution in [-0.4, -0.2) is 48.1 Å². The third-order valence-electron chi connectivity index (χ3n) is 8.44. The number of rotatable bonds is 7. The van der Waals surface area contributed by atoms with Gasteiger partial charge in [0.15, 0.2) is 0 Å². The van der Waals surface area contributed by atoms with Crippen molar-refractivity contribution in [2.75, 3.05) is 6.54 Å². The van der Waals surface area contributed by atoms with Crippen molar-refractivity contribution >= 4 is 5.91 Å². The Kier molecular flexibility index (Phi) is 8.76. The van der Waals surface area contributed by atoms with Crippen molar-refractivity contribution in [3.05, 3.63) is 0 Å². The minimum absolute atomic E-state index is 0.0255. The van der Waals surface area contributed by atoms with Crippen LogP contribution < -0.4 is 22.0 Å². The van der Waals surface area contributed by atoms with E-state index in [0.717, 1.165) is 32.1 Å². The number of hydrogen-bond donors (Lipinski definition) is 4. The van der Waals surface area contributed by atoms with Crippen LogP contribution in [0.4, 0.5) is 8.78 Å². The number of alkyl halides is 2. The smallest absolute Gasteiger partial charge is 0.238 e. The van der Waals surface area contributed by atoms with Crippen molar-refractivity contribution in [1.82, 2.24) is 21.3 Å². The Hall–Kier alpha value is -0.830. The van der Waals surface area contributed by atoms with E-state index in [4.69, 9.17) is 5.73 Å². The molecule has 0 aromatic carbocycles. The number of carbonyl (C=O) groups is 1.